The number of carbonyl (C=O) groups is 2. The number of allylic oxidation sites excluding steroid dienone is 2. The lowest BCUT2D eigenvalue weighted by Gasteiger charge is -2.32. The van der Waals surface area contributed by atoms with Crippen LogP contribution < -0.4 is 10.6 Å². The molecule has 11 nitrogen and oxygen atoms in total. The average Bonchev–Trinajstić information content (AvgIpc) is 3.77. The number of nitrogens with one attached hydrogen (secondary N) is 2. The summed E-state index contributed by atoms with van der Waals surface area (Å²) >= 11 is 0. The van der Waals surface area contributed by atoms with Gasteiger partial charge in [0.05, 0.1) is 30.8 Å². The van der Waals surface area contributed by atoms with Gasteiger partial charge in [0.2, 0.25) is 0 Å². The SMILES string of the molecule is CCC(OC)C(C)C1OC1C(O)C(C)/C=C/C=C(\C)C1OC(=O)CC(O)CCC(C)(O)C(OC(=O)NCCNC)/C=C/C1C. The molecule has 0 radical (unpaired) electrons. The summed E-state index contributed by atoms with van der Waals surface area (Å²) in [7, 11) is 3.46. The van der Waals surface area contributed by atoms with Gasteiger partial charge in [-0.3, -0.25) is 4.79 Å². The summed E-state index contributed by atoms with van der Waals surface area (Å²) in [5.74, 6) is -0.914. The number of aliphatic hydroxyl groups is 3. The lowest BCUT2D eigenvalue weighted by atomic mass is 9.88. The summed E-state index contributed by atoms with van der Waals surface area (Å²) in [6, 6.07) is 0. The molecule has 0 saturated carbocycles. The predicted octanol–water partition coefficient (Wildman–Crippen LogP) is 3.03. The summed E-state index contributed by atoms with van der Waals surface area (Å²) in [6.07, 6.45) is 5.51. The Morgan fingerprint density at radius 1 is 1.25 bits per heavy atom. The van der Waals surface area contributed by atoms with Crippen LogP contribution >= 0.6 is 0 Å². The zero-order chi connectivity index (χ0) is 33.0. The Kier molecular flexibility index (Phi) is 15.5. The number of carbonyl (C=O) groups excluding carboxylic acids is 2. The Morgan fingerprint density at radius 3 is 2.59 bits per heavy atom. The van der Waals surface area contributed by atoms with Gasteiger partial charge in [-0.05, 0) is 51.8 Å². The maximum atomic E-state index is 12.7. The molecule has 0 spiro atoms. The fourth-order valence-electron chi connectivity index (χ4n) is 5.59. The third-order valence-corrected chi connectivity index (χ3v) is 8.67. The largest absolute Gasteiger partial charge is 0.457 e. The number of hydrogen-bond acceptors (Lipinski definition) is 10. The molecular weight excluding hydrogens is 568 g/mol. The van der Waals surface area contributed by atoms with Gasteiger partial charge in [-0.15, -0.1) is 0 Å². The van der Waals surface area contributed by atoms with Gasteiger partial charge in [-0.1, -0.05) is 52.0 Å². The highest BCUT2D eigenvalue weighted by atomic mass is 16.6. The molecule has 2 heterocycles. The smallest absolute Gasteiger partial charge is 0.407 e. The molecule has 1 saturated heterocycles. The molecule has 2 rings (SSSR count). The third kappa shape index (κ3) is 11.6. The quantitative estimate of drug-likeness (QED) is 0.0678. The van der Waals surface area contributed by atoms with Crippen molar-refractivity contribution < 1.29 is 43.9 Å². The van der Waals surface area contributed by atoms with Gasteiger partial charge in [0.25, 0.3) is 0 Å². The van der Waals surface area contributed by atoms with Crippen LogP contribution in [0.1, 0.15) is 67.2 Å². The van der Waals surface area contributed by atoms with Crippen LogP contribution in [-0.4, -0.2) is 103 Å². The van der Waals surface area contributed by atoms with Crippen molar-refractivity contribution in [1.29, 1.82) is 0 Å². The van der Waals surface area contributed by atoms with Crippen LogP contribution in [0.4, 0.5) is 4.79 Å². The molecule has 252 valence electrons. The molecule has 0 aromatic rings. The zero-order valence-electron chi connectivity index (χ0n) is 27.7. The van der Waals surface area contributed by atoms with E-state index in [0.29, 0.717) is 13.1 Å². The maximum Gasteiger partial charge on any atom is 0.407 e. The van der Waals surface area contributed by atoms with Crippen LogP contribution in [0.15, 0.2) is 36.0 Å². The van der Waals surface area contributed by atoms with Crippen molar-refractivity contribution in [2.45, 2.75) is 116 Å². The Bertz CT molecular complexity index is 994. The molecule has 2 aliphatic heterocycles. The van der Waals surface area contributed by atoms with E-state index in [0.717, 1.165) is 12.0 Å². The second-order valence-corrected chi connectivity index (χ2v) is 12.5. The van der Waals surface area contributed by atoms with Crippen molar-refractivity contribution in [2.24, 2.45) is 17.8 Å². The highest BCUT2D eigenvalue weighted by molar-refractivity contribution is 5.70. The minimum absolute atomic E-state index is 0.0466. The first-order chi connectivity index (χ1) is 20.7. The van der Waals surface area contributed by atoms with E-state index < -0.39 is 42.1 Å². The van der Waals surface area contributed by atoms with E-state index in [9.17, 15) is 24.9 Å². The summed E-state index contributed by atoms with van der Waals surface area (Å²) in [4.78, 5) is 25.2. The molecular formula is C33H56N2O9. The molecule has 0 aromatic carbocycles. The van der Waals surface area contributed by atoms with Gasteiger partial charge in [-0.2, -0.15) is 0 Å². The molecule has 0 aromatic heterocycles. The Balaban J connectivity index is 2.18. The van der Waals surface area contributed by atoms with Crippen molar-refractivity contribution in [3.8, 4) is 0 Å². The molecule has 11 unspecified atom stereocenters. The van der Waals surface area contributed by atoms with Crippen LogP contribution in [0, 0.1) is 17.8 Å². The Labute approximate surface area is 263 Å². The second kappa shape index (κ2) is 18.0. The lowest BCUT2D eigenvalue weighted by Crippen LogP contribution is -2.44. The monoisotopic (exact) mass is 624 g/mol. The van der Waals surface area contributed by atoms with Crippen molar-refractivity contribution >= 4 is 12.1 Å². The summed E-state index contributed by atoms with van der Waals surface area (Å²) in [6.45, 7) is 12.2. The van der Waals surface area contributed by atoms with Gasteiger partial charge >= 0.3 is 12.1 Å². The zero-order valence-corrected chi connectivity index (χ0v) is 27.7. The van der Waals surface area contributed by atoms with E-state index in [1.54, 1.807) is 33.2 Å². The molecule has 11 heteroatoms. The van der Waals surface area contributed by atoms with Crippen LogP contribution in [0.2, 0.25) is 0 Å². The number of aliphatic hydroxyl groups excluding tert-OH is 2. The number of methoxy groups -OCH3 is 1. The molecule has 44 heavy (non-hydrogen) atoms. The van der Waals surface area contributed by atoms with Gasteiger partial charge in [0.15, 0.2) is 6.10 Å². The van der Waals surface area contributed by atoms with Crippen molar-refractivity contribution in [3.05, 3.63) is 36.0 Å². The summed E-state index contributed by atoms with van der Waals surface area (Å²) in [5.41, 5.74) is -0.738. The number of cyclic esters (lactones) is 1. The predicted molar refractivity (Wildman–Crippen MR) is 168 cm³/mol. The number of rotatable bonds is 13. The molecule has 11 atom stereocenters. The normalized spacial score (nSPS) is 33.7. The lowest BCUT2D eigenvalue weighted by molar-refractivity contribution is -0.151. The molecule has 2 aliphatic rings. The topological polar surface area (TPSA) is 159 Å². The Morgan fingerprint density at radius 2 is 1.95 bits per heavy atom. The minimum atomic E-state index is -1.48. The number of likely N-dealkylation sites (N-methyl/N-ethyl adjacent to an activating group) is 1. The standard InChI is InChI=1S/C33H56N2O9/c1-9-25(41-8)23(5)30-31(44-30)28(38)20(2)11-10-12-21(3)29-22(4)13-14-26(42-32(39)35-18-17-34-7)33(6,40)16-15-24(36)19-27(37)43-29/h10-14,20,22-26,28-31,34,36,38,40H,9,15-19H2,1-8H3,(H,35,39)/b11-10+,14-13+,21-12+. The van der Waals surface area contributed by atoms with Gasteiger partial charge in [-0.25, -0.2) is 4.79 Å². The maximum absolute atomic E-state index is 12.7. The van der Waals surface area contributed by atoms with Crippen molar-refractivity contribution in [3.63, 3.8) is 0 Å². The molecule has 1 fully saturated rings. The first kappa shape index (κ1) is 37.9. The van der Waals surface area contributed by atoms with Crippen LogP contribution in [-0.2, 0) is 23.7 Å². The number of hydrogen-bond donors (Lipinski definition) is 5. The first-order valence-electron chi connectivity index (χ1n) is 15.8. The highest BCUT2D eigenvalue weighted by Crippen LogP contribution is 2.37. The van der Waals surface area contributed by atoms with E-state index in [1.165, 1.54) is 0 Å². The van der Waals surface area contributed by atoms with E-state index >= 15 is 0 Å². The number of esters is 1. The Hall–Kier alpha value is -2.28. The van der Waals surface area contributed by atoms with Crippen LogP contribution in [0.25, 0.3) is 0 Å². The fourth-order valence-corrected chi connectivity index (χ4v) is 5.59. The van der Waals surface area contributed by atoms with Crippen LogP contribution in [0.5, 0.6) is 0 Å². The molecule has 1 amide bonds. The summed E-state index contributed by atoms with van der Waals surface area (Å²) in [5, 5.41) is 38.1. The number of alkyl carbamates (subject to hydrolysis) is 1. The molecule has 5 N–H and O–H groups in total. The van der Waals surface area contributed by atoms with Gasteiger partial charge in [0.1, 0.15) is 17.8 Å². The number of epoxide rings is 1. The fraction of sp³-hybridized carbons (Fsp3) is 0.758. The van der Waals surface area contributed by atoms with Gasteiger partial charge < -0.3 is 44.9 Å². The van der Waals surface area contributed by atoms with E-state index in [4.69, 9.17) is 18.9 Å². The average molecular weight is 625 g/mol. The minimum Gasteiger partial charge on any atom is -0.457 e. The third-order valence-electron chi connectivity index (χ3n) is 8.67. The van der Waals surface area contributed by atoms with E-state index in [-0.39, 0.29) is 55.3 Å². The highest BCUT2D eigenvalue weighted by Gasteiger charge is 2.50. The first-order valence-corrected chi connectivity index (χ1v) is 15.8. The van der Waals surface area contributed by atoms with Crippen molar-refractivity contribution in [1.82, 2.24) is 10.6 Å². The van der Waals surface area contributed by atoms with E-state index in [1.807, 2.05) is 39.0 Å². The summed E-state index contributed by atoms with van der Waals surface area (Å²) < 4.78 is 22.8. The van der Waals surface area contributed by atoms with Crippen molar-refractivity contribution in [2.75, 3.05) is 27.2 Å². The van der Waals surface area contributed by atoms with Gasteiger partial charge in [0, 0.05) is 38.0 Å². The number of amides is 1. The number of ether oxygens (including phenoxy) is 4. The molecule has 0 bridgehead atoms. The van der Waals surface area contributed by atoms with Crippen LogP contribution in [0.3, 0.4) is 0 Å². The second-order valence-electron chi connectivity index (χ2n) is 12.5. The van der Waals surface area contributed by atoms with E-state index in [2.05, 4.69) is 24.5 Å². The molecule has 0 aliphatic carbocycles.